The Bertz CT molecular complexity index is 2830. The van der Waals surface area contributed by atoms with Crippen molar-refractivity contribution in [2.24, 2.45) is 5.41 Å². The number of benzene rings is 3. The number of amides is 1. The van der Waals surface area contributed by atoms with Crippen LogP contribution in [0.1, 0.15) is 55.5 Å². The number of nitrogens with zero attached hydrogens (tertiary/aromatic N) is 5. The number of anilines is 4. The molecule has 354 valence electrons. The Kier molecular flexibility index (Phi) is 12.9. The monoisotopic (exact) mass is 956 g/mol. The number of nitrogens with one attached hydrogen (secondary N) is 3. The van der Waals surface area contributed by atoms with Crippen LogP contribution in [0.15, 0.2) is 89.5 Å². The molecule has 0 spiro atoms. The molecule has 2 saturated heterocycles. The number of hydrogen-bond acceptors (Lipinski definition) is 15. The van der Waals surface area contributed by atoms with Crippen molar-refractivity contribution in [2.45, 2.75) is 69.0 Å². The van der Waals surface area contributed by atoms with E-state index in [0.29, 0.717) is 60.6 Å². The van der Waals surface area contributed by atoms with Gasteiger partial charge in [0.2, 0.25) is 5.88 Å². The molecule has 9 rings (SSSR count). The molecule has 6 N–H and O–H groups in total. The van der Waals surface area contributed by atoms with Gasteiger partial charge in [0.1, 0.15) is 35.3 Å². The Morgan fingerprint density at radius 2 is 1.76 bits per heavy atom. The molecule has 0 saturated carbocycles. The lowest BCUT2D eigenvalue weighted by Gasteiger charge is -2.39. The minimum absolute atomic E-state index is 0.0437. The van der Waals surface area contributed by atoms with Crippen molar-refractivity contribution in [3.05, 3.63) is 111 Å². The summed E-state index contributed by atoms with van der Waals surface area (Å²) in [6.07, 6.45) is -0.327. The van der Waals surface area contributed by atoms with Crippen LogP contribution in [0, 0.1) is 15.5 Å². The van der Waals surface area contributed by atoms with E-state index in [9.17, 15) is 38.6 Å². The van der Waals surface area contributed by atoms with Gasteiger partial charge in [0, 0.05) is 74.2 Å². The molecule has 5 aromatic rings. The summed E-state index contributed by atoms with van der Waals surface area (Å²) < 4.78 is 41.2. The van der Waals surface area contributed by atoms with Crippen molar-refractivity contribution in [3.8, 4) is 5.88 Å². The number of piperazine rings is 1. The molecule has 0 radical (unpaired) electrons. The molecule has 67 heavy (non-hydrogen) atoms. The summed E-state index contributed by atoms with van der Waals surface area (Å²) in [5.74, 6) is -0.602. The van der Waals surface area contributed by atoms with Crippen LogP contribution in [0.2, 0.25) is 5.02 Å². The average molecular weight is 958 g/mol. The van der Waals surface area contributed by atoms with Crippen LogP contribution in [0.4, 0.5) is 28.4 Å². The van der Waals surface area contributed by atoms with Gasteiger partial charge in [-0.3, -0.25) is 19.8 Å². The predicted octanol–water partition coefficient (Wildman–Crippen LogP) is 5.80. The molecule has 5 heterocycles. The molecule has 1 aliphatic carbocycles. The molecular weight excluding hydrogens is 904 g/mol. The first-order valence-electron chi connectivity index (χ1n) is 22.3. The Hall–Kier alpha value is -5.80. The number of carbonyl (C=O) groups is 1. The fourth-order valence-corrected chi connectivity index (χ4v) is 10.5. The van der Waals surface area contributed by atoms with Gasteiger partial charge in [0.05, 0.1) is 27.7 Å². The maximum absolute atomic E-state index is 14.4. The maximum Gasteiger partial charge on any atom is 0.293 e. The van der Waals surface area contributed by atoms with Crippen LogP contribution in [-0.2, 0) is 14.8 Å². The highest BCUT2D eigenvalue weighted by molar-refractivity contribution is 7.90. The van der Waals surface area contributed by atoms with E-state index in [1.165, 1.54) is 16.7 Å². The number of fused-ring (bicyclic) bond motifs is 2. The number of hydrogen-bond donors (Lipinski definition) is 6. The van der Waals surface area contributed by atoms with Gasteiger partial charge in [-0.25, -0.2) is 13.1 Å². The van der Waals surface area contributed by atoms with Gasteiger partial charge < -0.3 is 44.9 Å². The number of rotatable bonds is 12. The topological polar surface area (TPSA) is 236 Å². The smallest absolute Gasteiger partial charge is 0.293 e. The van der Waals surface area contributed by atoms with Gasteiger partial charge in [0.25, 0.3) is 21.6 Å². The lowest BCUT2D eigenvalue weighted by molar-refractivity contribution is -0.384. The van der Waals surface area contributed by atoms with Crippen molar-refractivity contribution < 1.29 is 42.9 Å². The van der Waals surface area contributed by atoms with Crippen molar-refractivity contribution >= 4 is 72.6 Å². The van der Waals surface area contributed by atoms with Crippen molar-refractivity contribution in [2.75, 3.05) is 67.5 Å². The Morgan fingerprint density at radius 3 is 2.49 bits per heavy atom. The second kappa shape index (κ2) is 18.7. The van der Waals surface area contributed by atoms with E-state index in [2.05, 4.69) is 50.8 Å². The number of aliphatic hydroxyl groups is 3. The van der Waals surface area contributed by atoms with Crippen LogP contribution >= 0.6 is 11.6 Å². The summed E-state index contributed by atoms with van der Waals surface area (Å²) in [5.41, 5.74) is 6.05. The molecule has 1 amide bonds. The van der Waals surface area contributed by atoms with Gasteiger partial charge >= 0.3 is 0 Å². The van der Waals surface area contributed by atoms with Gasteiger partial charge in [0.15, 0.2) is 6.29 Å². The third-order valence-electron chi connectivity index (χ3n) is 13.1. The lowest BCUT2D eigenvalue weighted by Crippen LogP contribution is -2.47. The van der Waals surface area contributed by atoms with Crippen molar-refractivity contribution in [1.82, 2.24) is 19.6 Å². The number of aliphatic hydroxyl groups excluding tert-OH is 3. The molecule has 3 aliphatic heterocycles. The van der Waals surface area contributed by atoms with Crippen molar-refractivity contribution in [3.63, 3.8) is 0 Å². The molecule has 3 aromatic carbocycles. The molecule has 20 heteroatoms. The Balaban J connectivity index is 0.982. The number of halogens is 1. The molecule has 0 bridgehead atoms. The average Bonchev–Trinajstić information content (AvgIpc) is 3.79. The SMILES string of the molecule is CC1(C)CCC(CN2CCN(c3ccc(C(=O)NS(=O)(=O)c4ccc(NCC5OC(O)C(O)C5O)c([N+](=O)[O-])c4)c(N4CCCOc5nc6[nH]ccc6cc54)c3)CC2)=C(c2ccc(Cl)cc2)C1. The number of aromatic nitrogens is 2. The van der Waals surface area contributed by atoms with E-state index in [1.807, 2.05) is 41.3 Å². The van der Waals surface area contributed by atoms with Crippen LogP contribution in [0.5, 0.6) is 5.88 Å². The van der Waals surface area contributed by atoms with E-state index in [0.717, 1.165) is 68.2 Å². The fourth-order valence-electron chi connectivity index (χ4n) is 9.37. The Morgan fingerprint density at radius 1 is 0.985 bits per heavy atom. The van der Waals surface area contributed by atoms with Crippen LogP contribution < -0.4 is 24.6 Å². The normalized spacial score (nSPS) is 22.3. The summed E-state index contributed by atoms with van der Waals surface area (Å²) in [6, 6.07) is 20.3. The number of nitro benzene ring substituents is 1. The van der Waals surface area contributed by atoms with Crippen LogP contribution in [0.3, 0.4) is 0 Å². The fraction of sp³-hybridized carbons (Fsp3) is 0.404. The van der Waals surface area contributed by atoms with E-state index in [-0.39, 0.29) is 23.2 Å². The Labute approximate surface area is 392 Å². The van der Waals surface area contributed by atoms with Gasteiger partial charge in [-0.2, -0.15) is 4.98 Å². The third-order valence-corrected chi connectivity index (χ3v) is 14.7. The highest BCUT2D eigenvalue weighted by Gasteiger charge is 2.42. The number of allylic oxidation sites excluding steroid dienone is 1. The van der Waals surface area contributed by atoms with E-state index in [1.54, 1.807) is 12.3 Å². The first-order valence-corrected chi connectivity index (χ1v) is 24.2. The second-order valence-electron chi connectivity index (χ2n) is 18.3. The number of H-pyrrole nitrogens is 1. The lowest BCUT2D eigenvalue weighted by atomic mass is 9.72. The largest absolute Gasteiger partial charge is 0.476 e. The van der Waals surface area contributed by atoms with E-state index >= 15 is 0 Å². The van der Waals surface area contributed by atoms with E-state index < -0.39 is 56.0 Å². The zero-order valence-electron chi connectivity index (χ0n) is 37.0. The quantitative estimate of drug-likeness (QED) is 0.0641. The summed E-state index contributed by atoms with van der Waals surface area (Å²) in [7, 11) is -4.70. The van der Waals surface area contributed by atoms with Crippen LogP contribution in [-0.4, -0.2) is 126 Å². The van der Waals surface area contributed by atoms with Gasteiger partial charge in [-0.15, -0.1) is 0 Å². The first-order chi connectivity index (χ1) is 32.0. The number of ether oxygens (including phenoxy) is 2. The highest BCUT2D eigenvalue weighted by atomic mass is 35.5. The van der Waals surface area contributed by atoms with Gasteiger partial charge in [-0.05, 0) is 96.8 Å². The highest BCUT2D eigenvalue weighted by Crippen LogP contribution is 2.44. The number of pyridine rings is 1. The molecule has 4 aliphatic rings. The third kappa shape index (κ3) is 9.81. The number of carbonyl (C=O) groups excluding carboxylic acids is 1. The number of sulfonamides is 1. The first kappa shape index (κ1) is 46.3. The summed E-state index contributed by atoms with van der Waals surface area (Å²) in [4.78, 5) is 39.7. The van der Waals surface area contributed by atoms with Crippen molar-refractivity contribution in [1.29, 1.82) is 0 Å². The van der Waals surface area contributed by atoms with Crippen LogP contribution in [0.25, 0.3) is 16.6 Å². The minimum Gasteiger partial charge on any atom is -0.476 e. The summed E-state index contributed by atoms with van der Waals surface area (Å²) >= 11 is 6.26. The summed E-state index contributed by atoms with van der Waals surface area (Å²) in [5, 5.41) is 46.1. The second-order valence-corrected chi connectivity index (χ2v) is 20.4. The zero-order chi connectivity index (χ0) is 47.2. The molecule has 2 fully saturated rings. The number of nitro groups is 1. The molecule has 4 unspecified atom stereocenters. The number of aromatic amines is 1. The summed E-state index contributed by atoms with van der Waals surface area (Å²) in [6.45, 7) is 9.05. The molecular formula is C47H53ClN8O10S. The maximum atomic E-state index is 14.4. The van der Waals surface area contributed by atoms with Gasteiger partial charge in [-0.1, -0.05) is 43.2 Å². The standard InChI is InChI=1S/C47H53ClN8O10S/c1-47(2)14-12-30(35(25-47)28-4-6-31(48)7-5-28)27-53-17-19-54(20-18-53)32-8-10-34(37(23-32)55-16-3-21-65-45-39(55)22-29-13-15-49-43(29)51-45)44(59)52-67(63,64)33-9-11-36(38(24-33)56(61)62)50-26-40-41(57)42(58)46(60)66-40/h4-11,13,15,22-24,40-42,46,50,57-58,60H,3,12,14,16-21,25-27H2,1-2H3,(H,49,51)(H,52,59). The minimum atomic E-state index is -4.70. The van der Waals surface area contributed by atoms with E-state index in [4.69, 9.17) is 26.1 Å². The zero-order valence-corrected chi connectivity index (χ0v) is 38.6. The molecule has 2 aromatic heterocycles. The molecule has 4 atom stereocenters. The molecule has 18 nitrogen and oxygen atoms in total. The predicted molar refractivity (Wildman–Crippen MR) is 253 cm³/mol.